The molecule has 1 fully saturated rings. The molecule has 0 aromatic heterocycles. The molecule has 1 aliphatic carbocycles. The Hall–Kier alpha value is -0.890. The maximum absolute atomic E-state index is 12.9. The predicted molar refractivity (Wildman–Crippen MR) is 104 cm³/mol. The van der Waals surface area contributed by atoms with E-state index < -0.39 is 31.0 Å². The standard InChI is InChI=1S/C18H24ClNO4S2/c19-15-6-8-16(9-7-15)26(23,24)18-13-25(21,22)12-17(18)20-11-10-14-4-2-1-3-5-14/h4,6-9,17-18,20H,1-3,5,10-13H2. The lowest BCUT2D eigenvalue weighted by molar-refractivity contribution is 0.523. The van der Waals surface area contributed by atoms with Gasteiger partial charge in [0.2, 0.25) is 0 Å². The largest absolute Gasteiger partial charge is 0.311 e. The highest BCUT2D eigenvalue weighted by Crippen LogP contribution is 2.27. The highest BCUT2D eigenvalue weighted by Gasteiger charge is 2.45. The van der Waals surface area contributed by atoms with Crippen molar-refractivity contribution in [1.29, 1.82) is 0 Å². The van der Waals surface area contributed by atoms with Crippen LogP contribution in [0.25, 0.3) is 0 Å². The van der Waals surface area contributed by atoms with E-state index in [9.17, 15) is 16.8 Å². The first-order valence-corrected chi connectivity index (χ1v) is 12.6. The smallest absolute Gasteiger partial charge is 0.183 e. The van der Waals surface area contributed by atoms with Gasteiger partial charge in [0.25, 0.3) is 0 Å². The van der Waals surface area contributed by atoms with Gasteiger partial charge in [0.05, 0.1) is 21.7 Å². The zero-order chi connectivity index (χ0) is 18.8. The second-order valence-electron chi connectivity index (χ2n) is 7.03. The average molecular weight is 418 g/mol. The first-order valence-electron chi connectivity index (χ1n) is 8.89. The summed E-state index contributed by atoms with van der Waals surface area (Å²) in [7, 11) is -7.13. The first kappa shape index (κ1) is 19.9. The molecule has 1 aromatic rings. The Balaban J connectivity index is 1.73. The van der Waals surface area contributed by atoms with Gasteiger partial charge in [-0.2, -0.15) is 0 Å². The molecule has 2 atom stereocenters. The molecule has 144 valence electrons. The highest BCUT2D eigenvalue weighted by atomic mass is 35.5. The minimum Gasteiger partial charge on any atom is -0.311 e. The highest BCUT2D eigenvalue weighted by molar-refractivity contribution is 7.96. The molecule has 1 heterocycles. The van der Waals surface area contributed by atoms with Gasteiger partial charge in [0.15, 0.2) is 19.7 Å². The van der Waals surface area contributed by atoms with Crippen LogP contribution in [0.4, 0.5) is 0 Å². The van der Waals surface area contributed by atoms with Gasteiger partial charge >= 0.3 is 0 Å². The first-order chi connectivity index (χ1) is 12.3. The SMILES string of the molecule is O=S1(=O)CC(NCCC2=CCCCC2)C(S(=O)(=O)c2ccc(Cl)cc2)C1. The Bertz CT molecular complexity index is 876. The van der Waals surface area contributed by atoms with E-state index in [4.69, 9.17) is 11.6 Å². The molecule has 2 aliphatic rings. The number of halogens is 1. The van der Waals surface area contributed by atoms with Crippen LogP contribution in [-0.4, -0.2) is 46.2 Å². The van der Waals surface area contributed by atoms with Crippen molar-refractivity contribution >= 4 is 31.3 Å². The summed E-state index contributed by atoms with van der Waals surface area (Å²) < 4.78 is 50.1. The number of allylic oxidation sites excluding steroid dienone is 1. The quantitative estimate of drug-likeness (QED) is 0.720. The second kappa shape index (κ2) is 8.00. The van der Waals surface area contributed by atoms with Gasteiger partial charge in [-0.1, -0.05) is 23.3 Å². The summed E-state index contributed by atoms with van der Waals surface area (Å²) >= 11 is 5.83. The molecule has 2 unspecified atom stereocenters. The van der Waals surface area contributed by atoms with Gasteiger partial charge in [0, 0.05) is 11.1 Å². The normalized spacial score (nSPS) is 25.8. The zero-order valence-electron chi connectivity index (χ0n) is 14.5. The fourth-order valence-corrected chi connectivity index (χ4v) is 8.50. The minimum absolute atomic E-state index is 0.116. The molecule has 0 radical (unpaired) electrons. The maximum Gasteiger partial charge on any atom is 0.183 e. The Kier molecular flexibility index (Phi) is 6.11. The summed E-state index contributed by atoms with van der Waals surface area (Å²) in [6.07, 6.45) is 7.68. The summed E-state index contributed by atoms with van der Waals surface area (Å²) in [5, 5.41) is 2.68. The summed E-state index contributed by atoms with van der Waals surface area (Å²) in [5.74, 6) is -0.470. The molecule has 1 aliphatic heterocycles. The molecule has 0 saturated carbocycles. The molecule has 1 aromatic carbocycles. The fourth-order valence-electron chi connectivity index (χ4n) is 3.66. The summed E-state index contributed by atoms with van der Waals surface area (Å²) in [5.41, 5.74) is 1.38. The van der Waals surface area contributed by atoms with Crippen molar-refractivity contribution in [3.63, 3.8) is 0 Å². The summed E-state index contributed by atoms with van der Waals surface area (Å²) in [6.45, 7) is 0.596. The molecule has 8 heteroatoms. The lowest BCUT2D eigenvalue weighted by Gasteiger charge is -2.21. The molecule has 26 heavy (non-hydrogen) atoms. The molecular formula is C18H24ClNO4S2. The van der Waals surface area contributed by atoms with Crippen LogP contribution in [-0.2, 0) is 19.7 Å². The van der Waals surface area contributed by atoms with Crippen LogP contribution in [0.5, 0.6) is 0 Å². The van der Waals surface area contributed by atoms with Gasteiger partial charge in [-0.05, 0) is 62.9 Å². The molecule has 5 nitrogen and oxygen atoms in total. The molecule has 0 bridgehead atoms. The number of benzene rings is 1. The topological polar surface area (TPSA) is 80.3 Å². The Labute approximate surface area is 160 Å². The van der Waals surface area contributed by atoms with Crippen molar-refractivity contribution in [1.82, 2.24) is 5.32 Å². The van der Waals surface area contributed by atoms with Crippen molar-refractivity contribution in [2.45, 2.75) is 48.3 Å². The van der Waals surface area contributed by atoms with E-state index >= 15 is 0 Å². The van der Waals surface area contributed by atoms with Gasteiger partial charge in [-0.25, -0.2) is 16.8 Å². The van der Waals surface area contributed by atoms with Gasteiger partial charge < -0.3 is 5.32 Å². The third-order valence-corrected chi connectivity index (χ3v) is 9.50. The van der Waals surface area contributed by atoms with E-state index in [0.29, 0.717) is 11.6 Å². The van der Waals surface area contributed by atoms with Gasteiger partial charge in [-0.3, -0.25) is 0 Å². The van der Waals surface area contributed by atoms with Gasteiger partial charge in [0.1, 0.15) is 0 Å². The predicted octanol–water partition coefficient (Wildman–Crippen LogP) is 2.76. The lowest BCUT2D eigenvalue weighted by atomic mass is 9.97. The van der Waals surface area contributed by atoms with Crippen molar-refractivity contribution in [3.8, 4) is 0 Å². The van der Waals surface area contributed by atoms with Crippen LogP contribution in [0.2, 0.25) is 5.02 Å². The second-order valence-corrected chi connectivity index (χ2v) is 11.8. The van der Waals surface area contributed by atoms with Crippen molar-refractivity contribution in [2.24, 2.45) is 0 Å². The van der Waals surface area contributed by atoms with E-state index in [-0.39, 0.29) is 16.4 Å². The van der Waals surface area contributed by atoms with Crippen LogP contribution in [0.3, 0.4) is 0 Å². The van der Waals surface area contributed by atoms with E-state index in [1.54, 1.807) is 0 Å². The van der Waals surface area contributed by atoms with Crippen LogP contribution >= 0.6 is 11.6 Å². The Morgan fingerprint density at radius 2 is 1.85 bits per heavy atom. The zero-order valence-corrected chi connectivity index (χ0v) is 16.9. The molecular weight excluding hydrogens is 394 g/mol. The molecule has 0 spiro atoms. The summed E-state index contributed by atoms with van der Waals surface area (Å²) in [6, 6.07) is 5.31. The minimum atomic E-state index is -3.75. The Morgan fingerprint density at radius 3 is 2.50 bits per heavy atom. The lowest BCUT2D eigenvalue weighted by Crippen LogP contribution is -2.43. The average Bonchev–Trinajstić information content (AvgIpc) is 2.92. The van der Waals surface area contributed by atoms with Crippen LogP contribution < -0.4 is 5.32 Å². The third kappa shape index (κ3) is 4.68. The fraction of sp³-hybridized carbons (Fsp3) is 0.556. The maximum atomic E-state index is 12.9. The molecule has 1 saturated heterocycles. The van der Waals surface area contributed by atoms with E-state index in [1.165, 1.54) is 42.7 Å². The number of hydrogen-bond donors (Lipinski definition) is 1. The Morgan fingerprint density at radius 1 is 1.12 bits per heavy atom. The molecule has 3 rings (SSSR count). The van der Waals surface area contributed by atoms with Crippen molar-refractivity contribution in [3.05, 3.63) is 40.9 Å². The third-order valence-electron chi connectivity index (χ3n) is 5.08. The van der Waals surface area contributed by atoms with Gasteiger partial charge in [-0.15, -0.1) is 0 Å². The molecule has 0 amide bonds. The van der Waals surface area contributed by atoms with Crippen molar-refractivity contribution < 1.29 is 16.8 Å². The van der Waals surface area contributed by atoms with E-state index in [1.807, 2.05) is 0 Å². The van der Waals surface area contributed by atoms with Crippen molar-refractivity contribution in [2.75, 3.05) is 18.1 Å². The number of sulfone groups is 2. The van der Waals surface area contributed by atoms with E-state index in [2.05, 4.69) is 11.4 Å². The van der Waals surface area contributed by atoms with Crippen LogP contribution in [0, 0.1) is 0 Å². The monoisotopic (exact) mass is 417 g/mol. The van der Waals surface area contributed by atoms with Crippen LogP contribution in [0.15, 0.2) is 40.8 Å². The van der Waals surface area contributed by atoms with Crippen LogP contribution in [0.1, 0.15) is 32.1 Å². The summed E-state index contributed by atoms with van der Waals surface area (Å²) in [4.78, 5) is 0.116. The number of hydrogen-bond acceptors (Lipinski definition) is 5. The number of nitrogens with one attached hydrogen (secondary N) is 1. The number of rotatable bonds is 6. The van der Waals surface area contributed by atoms with E-state index in [0.717, 1.165) is 19.3 Å². The molecule has 1 N–H and O–H groups in total.